The van der Waals surface area contributed by atoms with Gasteiger partial charge in [0.25, 0.3) is 0 Å². The minimum atomic E-state index is 0.300. The van der Waals surface area contributed by atoms with Crippen molar-refractivity contribution >= 4 is 5.69 Å². The van der Waals surface area contributed by atoms with E-state index in [9.17, 15) is 0 Å². The standard InChI is InChI=1S/C16H26N2/c1-2-15(17)13-14-7-9-16(10-8-14)18-11-5-3-4-6-12-18/h7-10,15H,2-6,11-13,17H2,1H3. The average molecular weight is 246 g/mol. The average Bonchev–Trinajstić information content (AvgIpc) is 2.68. The molecule has 1 aromatic rings. The van der Waals surface area contributed by atoms with Gasteiger partial charge in [0.05, 0.1) is 0 Å². The van der Waals surface area contributed by atoms with E-state index < -0.39 is 0 Å². The summed E-state index contributed by atoms with van der Waals surface area (Å²) in [5.41, 5.74) is 8.74. The second-order valence-electron chi connectivity index (χ2n) is 5.44. The van der Waals surface area contributed by atoms with Crippen LogP contribution in [-0.2, 0) is 6.42 Å². The Morgan fingerprint density at radius 3 is 2.22 bits per heavy atom. The van der Waals surface area contributed by atoms with E-state index in [2.05, 4.69) is 36.1 Å². The highest BCUT2D eigenvalue weighted by molar-refractivity contribution is 5.47. The van der Waals surface area contributed by atoms with Gasteiger partial charge in [0, 0.05) is 24.8 Å². The summed E-state index contributed by atoms with van der Waals surface area (Å²) in [4.78, 5) is 2.52. The Bertz CT molecular complexity index is 337. The van der Waals surface area contributed by atoms with E-state index in [1.807, 2.05) is 0 Å². The fourth-order valence-electron chi connectivity index (χ4n) is 2.62. The third-order valence-corrected chi connectivity index (χ3v) is 3.93. The Morgan fingerprint density at radius 2 is 1.67 bits per heavy atom. The van der Waals surface area contributed by atoms with Gasteiger partial charge in [0.15, 0.2) is 0 Å². The SMILES string of the molecule is CCC(N)Cc1ccc(N2CCCCCC2)cc1. The van der Waals surface area contributed by atoms with Crippen molar-refractivity contribution in [1.29, 1.82) is 0 Å². The van der Waals surface area contributed by atoms with Gasteiger partial charge in [-0.3, -0.25) is 0 Å². The van der Waals surface area contributed by atoms with E-state index in [0.717, 1.165) is 12.8 Å². The molecule has 2 nitrogen and oxygen atoms in total. The fourth-order valence-corrected chi connectivity index (χ4v) is 2.62. The van der Waals surface area contributed by atoms with Crippen molar-refractivity contribution in [3.8, 4) is 0 Å². The summed E-state index contributed by atoms with van der Waals surface area (Å²) in [6.07, 6.45) is 7.50. The van der Waals surface area contributed by atoms with Gasteiger partial charge in [-0.15, -0.1) is 0 Å². The van der Waals surface area contributed by atoms with Gasteiger partial charge in [0.2, 0.25) is 0 Å². The maximum Gasteiger partial charge on any atom is 0.0366 e. The van der Waals surface area contributed by atoms with Gasteiger partial charge in [-0.05, 0) is 43.4 Å². The summed E-state index contributed by atoms with van der Waals surface area (Å²) in [6.45, 7) is 4.58. The molecular formula is C16H26N2. The van der Waals surface area contributed by atoms with Crippen molar-refractivity contribution in [1.82, 2.24) is 0 Å². The molecule has 2 N–H and O–H groups in total. The molecule has 0 saturated carbocycles. The van der Waals surface area contributed by atoms with Crippen molar-refractivity contribution in [3.05, 3.63) is 29.8 Å². The van der Waals surface area contributed by atoms with Crippen LogP contribution in [0.1, 0.15) is 44.6 Å². The Labute approximate surface area is 111 Å². The second kappa shape index (κ2) is 6.79. The molecule has 1 aliphatic rings. The molecule has 1 heterocycles. The van der Waals surface area contributed by atoms with Crippen molar-refractivity contribution < 1.29 is 0 Å². The predicted molar refractivity (Wildman–Crippen MR) is 79.1 cm³/mol. The third-order valence-electron chi connectivity index (χ3n) is 3.93. The lowest BCUT2D eigenvalue weighted by Crippen LogP contribution is -2.24. The first-order valence-corrected chi connectivity index (χ1v) is 7.39. The van der Waals surface area contributed by atoms with E-state index in [1.54, 1.807) is 0 Å². The molecule has 2 heteroatoms. The van der Waals surface area contributed by atoms with Crippen LogP contribution >= 0.6 is 0 Å². The van der Waals surface area contributed by atoms with Crippen LogP contribution in [-0.4, -0.2) is 19.1 Å². The minimum Gasteiger partial charge on any atom is -0.372 e. The van der Waals surface area contributed by atoms with Gasteiger partial charge in [-0.1, -0.05) is 31.9 Å². The molecule has 0 radical (unpaired) electrons. The van der Waals surface area contributed by atoms with Gasteiger partial charge in [-0.2, -0.15) is 0 Å². The number of benzene rings is 1. The third kappa shape index (κ3) is 3.74. The van der Waals surface area contributed by atoms with Crippen molar-refractivity contribution in [2.24, 2.45) is 5.73 Å². The Balaban J connectivity index is 1.97. The van der Waals surface area contributed by atoms with E-state index in [-0.39, 0.29) is 0 Å². The van der Waals surface area contributed by atoms with Crippen LogP contribution in [0.5, 0.6) is 0 Å². The van der Waals surface area contributed by atoms with Crippen LogP contribution in [0, 0.1) is 0 Å². The number of hydrogen-bond acceptors (Lipinski definition) is 2. The van der Waals surface area contributed by atoms with E-state index in [0.29, 0.717) is 6.04 Å². The Morgan fingerprint density at radius 1 is 1.06 bits per heavy atom. The number of anilines is 1. The van der Waals surface area contributed by atoms with Crippen LogP contribution in [0.3, 0.4) is 0 Å². The quantitative estimate of drug-likeness (QED) is 0.883. The normalized spacial score (nSPS) is 18.4. The summed E-state index contributed by atoms with van der Waals surface area (Å²) in [7, 11) is 0. The summed E-state index contributed by atoms with van der Waals surface area (Å²) < 4.78 is 0. The molecule has 1 atom stereocenters. The predicted octanol–water partition coefficient (Wildman–Crippen LogP) is 3.35. The summed E-state index contributed by atoms with van der Waals surface area (Å²) in [5, 5.41) is 0. The molecule has 1 unspecified atom stereocenters. The maximum atomic E-state index is 6.00. The maximum absolute atomic E-state index is 6.00. The number of nitrogens with zero attached hydrogens (tertiary/aromatic N) is 1. The largest absolute Gasteiger partial charge is 0.372 e. The van der Waals surface area contributed by atoms with Gasteiger partial charge in [-0.25, -0.2) is 0 Å². The Kier molecular flexibility index (Phi) is 5.06. The molecule has 1 fully saturated rings. The molecule has 1 saturated heterocycles. The Hall–Kier alpha value is -1.02. The minimum absolute atomic E-state index is 0.300. The number of rotatable bonds is 4. The summed E-state index contributed by atoms with van der Waals surface area (Å²) >= 11 is 0. The first kappa shape index (κ1) is 13.4. The highest BCUT2D eigenvalue weighted by atomic mass is 15.1. The van der Waals surface area contributed by atoms with Crippen molar-refractivity contribution in [3.63, 3.8) is 0 Å². The smallest absolute Gasteiger partial charge is 0.0366 e. The molecule has 0 aromatic heterocycles. The zero-order valence-electron chi connectivity index (χ0n) is 11.6. The fraction of sp³-hybridized carbons (Fsp3) is 0.625. The van der Waals surface area contributed by atoms with Crippen molar-refractivity contribution in [2.75, 3.05) is 18.0 Å². The molecule has 100 valence electrons. The van der Waals surface area contributed by atoms with E-state index in [4.69, 9.17) is 5.73 Å². The highest BCUT2D eigenvalue weighted by Crippen LogP contribution is 2.20. The lowest BCUT2D eigenvalue weighted by Gasteiger charge is -2.23. The molecular weight excluding hydrogens is 220 g/mol. The number of nitrogens with two attached hydrogens (primary N) is 1. The molecule has 0 bridgehead atoms. The zero-order chi connectivity index (χ0) is 12.8. The second-order valence-corrected chi connectivity index (χ2v) is 5.44. The summed E-state index contributed by atoms with van der Waals surface area (Å²) in [5.74, 6) is 0. The van der Waals surface area contributed by atoms with Crippen LogP contribution in [0.2, 0.25) is 0 Å². The van der Waals surface area contributed by atoms with E-state index >= 15 is 0 Å². The lowest BCUT2D eigenvalue weighted by atomic mass is 10.0. The monoisotopic (exact) mass is 246 g/mol. The van der Waals surface area contributed by atoms with Crippen LogP contribution in [0.15, 0.2) is 24.3 Å². The molecule has 18 heavy (non-hydrogen) atoms. The van der Waals surface area contributed by atoms with Crippen LogP contribution < -0.4 is 10.6 Å². The van der Waals surface area contributed by atoms with Crippen molar-refractivity contribution in [2.45, 2.75) is 51.5 Å². The molecule has 0 amide bonds. The topological polar surface area (TPSA) is 29.3 Å². The van der Waals surface area contributed by atoms with Crippen LogP contribution in [0.25, 0.3) is 0 Å². The molecule has 1 aliphatic heterocycles. The first-order valence-electron chi connectivity index (χ1n) is 7.39. The van der Waals surface area contributed by atoms with Crippen LogP contribution in [0.4, 0.5) is 5.69 Å². The molecule has 2 rings (SSSR count). The zero-order valence-corrected chi connectivity index (χ0v) is 11.6. The highest BCUT2D eigenvalue weighted by Gasteiger charge is 2.09. The molecule has 1 aromatic carbocycles. The van der Waals surface area contributed by atoms with E-state index in [1.165, 1.54) is 50.0 Å². The lowest BCUT2D eigenvalue weighted by molar-refractivity contribution is 0.646. The molecule has 0 aliphatic carbocycles. The summed E-state index contributed by atoms with van der Waals surface area (Å²) in [6, 6.07) is 9.33. The van der Waals surface area contributed by atoms with Gasteiger partial charge >= 0.3 is 0 Å². The van der Waals surface area contributed by atoms with Gasteiger partial charge < -0.3 is 10.6 Å². The number of hydrogen-bond donors (Lipinski definition) is 1. The molecule has 0 spiro atoms. The first-order chi connectivity index (χ1) is 8.79. The van der Waals surface area contributed by atoms with Gasteiger partial charge in [0.1, 0.15) is 0 Å².